The Hall–Kier alpha value is -4.35. The molecular weight excluding hydrogens is 632 g/mol. The van der Waals surface area contributed by atoms with Crippen LogP contribution in [0.2, 0.25) is 0 Å². The molecule has 14 heteroatoms. The molecule has 0 radical (unpaired) electrons. The normalized spacial score (nSPS) is 19.0. The van der Waals surface area contributed by atoms with Crippen molar-refractivity contribution in [1.29, 1.82) is 0 Å². The topological polar surface area (TPSA) is 110 Å². The third-order valence-corrected chi connectivity index (χ3v) is 8.72. The zero-order chi connectivity index (χ0) is 34.4. The highest BCUT2D eigenvalue weighted by Crippen LogP contribution is 2.29. The minimum absolute atomic E-state index is 0.00340. The van der Waals surface area contributed by atoms with Crippen molar-refractivity contribution in [3.8, 4) is 17.6 Å². The van der Waals surface area contributed by atoms with Crippen LogP contribution in [-0.2, 0) is 11.3 Å². The van der Waals surface area contributed by atoms with Crippen molar-refractivity contribution < 1.29 is 36.6 Å². The predicted octanol–water partition coefficient (Wildman–Crippen LogP) is 4.58. The summed E-state index contributed by atoms with van der Waals surface area (Å²) in [6, 6.07) is 5.78. The summed E-state index contributed by atoms with van der Waals surface area (Å²) in [5.74, 6) is 4.43. The lowest BCUT2D eigenvalue weighted by Gasteiger charge is -2.42. The van der Waals surface area contributed by atoms with Crippen LogP contribution in [0.4, 0.5) is 23.2 Å². The van der Waals surface area contributed by atoms with Gasteiger partial charge in [0.2, 0.25) is 0 Å². The number of hydrogen-bond donors (Lipinski definition) is 3. The fraction of sp³-hybridized carbons (Fsp3) is 0.500. The lowest BCUT2D eigenvalue weighted by atomic mass is 9.91. The SMILES string of the molecule is CCOc1cc(C(=O)NC)c(F)cc1NCC#Cc1cc(C(=O)N[C@H]2CCN(C3CCOCC3)C[C@@H]2C)c2ncn(CC(F)(F)F)c2c1. The van der Waals surface area contributed by atoms with E-state index in [0.717, 1.165) is 62.5 Å². The van der Waals surface area contributed by atoms with Gasteiger partial charge in [-0.2, -0.15) is 13.2 Å². The Morgan fingerprint density at radius 1 is 1.10 bits per heavy atom. The molecule has 0 spiro atoms. The molecule has 258 valence electrons. The van der Waals surface area contributed by atoms with Crippen LogP contribution >= 0.6 is 0 Å². The van der Waals surface area contributed by atoms with Gasteiger partial charge < -0.3 is 30.0 Å². The van der Waals surface area contributed by atoms with E-state index in [-0.39, 0.29) is 58.7 Å². The maximum absolute atomic E-state index is 14.6. The van der Waals surface area contributed by atoms with Crippen molar-refractivity contribution in [1.82, 2.24) is 25.1 Å². The maximum atomic E-state index is 14.6. The van der Waals surface area contributed by atoms with E-state index >= 15 is 0 Å². The van der Waals surface area contributed by atoms with E-state index in [1.54, 1.807) is 6.92 Å². The maximum Gasteiger partial charge on any atom is 0.406 e. The minimum atomic E-state index is -4.50. The van der Waals surface area contributed by atoms with Gasteiger partial charge in [-0.15, -0.1) is 0 Å². The van der Waals surface area contributed by atoms with Crippen LogP contribution in [0, 0.1) is 23.6 Å². The zero-order valence-electron chi connectivity index (χ0n) is 27.2. The minimum Gasteiger partial charge on any atom is -0.492 e. The molecule has 2 fully saturated rings. The number of piperidine rings is 1. The molecule has 3 N–H and O–H groups in total. The van der Waals surface area contributed by atoms with Crippen molar-refractivity contribution in [3.63, 3.8) is 0 Å². The number of amides is 2. The van der Waals surface area contributed by atoms with Crippen molar-refractivity contribution in [2.75, 3.05) is 51.8 Å². The molecule has 0 saturated carbocycles. The number of hydrogen-bond acceptors (Lipinski definition) is 7. The number of likely N-dealkylation sites (tertiary alicyclic amines) is 1. The summed E-state index contributed by atoms with van der Waals surface area (Å²) in [6.45, 7) is 5.99. The van der Waals surface area contributed by atoms with Crippen molar-refractivity contribution >= 4 is 28.5 Å². The number of anilines is 1. The summed E-state index contributed by atoms with van der Waals surface area (Å²) in [4.78, 5) is 32.4. The van der Waals surface area contributed by atoms with Crippen molar-refractivity contribution in [2.45, 2.75) is 57.9 Å². The largest absolute Gasteiger partial charge is 0.492 e. The summed E-state index contributed by atoms with van der Waals surface area (Å²) < 4.78 is 66.9. The summed E-state index contributed by atoms with van der Waals surface area (Å²) >= 11 is 0. The molecule has 2 amide bonds. The number of imidazole rings is 1. The molecule has 2 aliphatic heterocycles. The molecule has 10 nitrogen and oxygen atoms in total. The predicted molar refractivity (Wildman–Crippen MR) is 173 cm³/mol. The first-order chi connectivity index (χ1) is 23.0. The Balaban J connectivity index is 1.36. The second-order valence-corrected chi connectivity index (χ2v) is 12.1. The van der Waals surface area contributed by atoms with Gasteiger partial charge in [0.05, 0.1) is 41.8 Å². The van der Waals surface area contributed by atoms with Gasteiger partial charge in [0.1, 0.15) is 23.6 Å². The van der Waals surface area contributed by atoms with Crippen LogP contribution in [0.25, 0.3) is 11.0 Å². The first-order valence-electron chi connectivity index (χ1n) is 16.1. The second-order valence-electron chi connectivity index (χ2n) is 12.1. The van der Waals surface area contributed by atoms with E-state index in [9.17, 15) is 27.2 Å². The van der Waals surface area contributed by atoms with Crippen LogP contribution < -0.4 is 20.7 Å². The molecule has 0 unspecified atom stereocenters. The Morgan fingerprint density at radius 2 is 1.88 bits per heavy atom. The van der Waals surface area contributed by atoms with E-state index < -0.39 is 30.4 Å². The molecule has 5 rings (SSSR count). The molecule has 0 bridgehead atoms. The summed E-state index contributed by atoms with van der Waals surface area (Å²) in [7, 11) is 1.39. The average Bonchev–Trinajstić information content (AvgIpc) is 3.45. The van der Waals surface area contributed by atoms with Gasteiger partial charge in [0.25, 0.3) is 11.8 Å². The molecule has 2 aromatic carbocycles. The molecule has 48 heavy (non-hydrogen) atoms. The quantitative estimate of drug-likeness (QED) is 0.226. The number of halogens is 4. The number of carbonyl (C=O) groups is 2. The monoisotopic (exact) mass is 672 g/mol. The van der Waals surface area contributed by atoms with E-state index in [1.165, 1.54) is 25.2 Å². The van der Waals surface area contributed by atoms with Gasteiger partial charge in [-0.3, -0.25) is 14.5 Å². The number of nitrogens with zero attached hydrogens (tertiary/aromatic N) is 3. The lowest BCUT2D eigenvalue weighted by molar-refractivity contribution is -0.140. The Morgan fingerprint density at radius 3 is 2.56 bits per heavy atom. The lowest BCUT2D eigenvalue weighted by Crippen LogP contribution is -2.53. The summed E-state index contributed by atoms with van der Waals surface area (Å²) in [5, 5.41) is 8.46. The van der Waals surface area contributed by atoms with Crippen molar-refractivity contribution in [2.24, 2.45) is 5.92 Å². The van der Waals surface area contributed by atoms with Gasteiger partial charge >= 0.3 is 6.18 Å². The molecule has 1 aromatic heterocycles. The summed E-state index contributed by atoms with van der Waals surface area (Å²) in [5.41, 5.74) is 0.825. The second kappa shape index (κ2) is 15.3. The van der Waals surface area contributed by atoms with Crippen LogP contribution in [0.5, 0.6) is 5.75 Å². The number of aromatic nitrogens is 2. The van der Waals surface area contributed by atoms with Gasteiger partial charge in [-0.25, -0.2) is 9.37 Å². The zero-order valence-corrected chi connectivity index (χ0v) is 27.2. The molecule has 2 aliphatic rings. The van der Waals surface area contributed by atoms with Crippen molar-refractivity contribution in [3.05, 3.63) is 53.1 Å². The average molecular weight is 673 g/mol. The fourth-order valence-corrected chi connectivity index (χ4v) is 6.31. The van der Waals surface area contributed by atoms with E-state index in [1.807, 2.05) is 0 Å². The standard InChI is InChI=1S/C34H40F4N6O4/c1-4-48-30-16-24(32(45)39-3)26(35)17-28(30)40-10-5-6-22-14-25(31-29(15-22)44(20-41-31)19-34(36,37)38)33(46)42-27-7-11-43(18-21(27)2)23-8-12-47-13-9-23/h14-17,20-21,23,27,40H,4,7-13,18-19H2,1-3H3,(H,39,45)(H,42,46)/t21-,27-/m0/s1. The first kappa shape index (κ1) is 35.0. The number of nitrogens with one attached hydrogen (secondary N) is 3. The fourth-order valence-electron chi connectivity index (χ4n) is 6.31. The molecule has 3 heterocycles. The Kier molecular flexibility index (Phi) is 11.1. The molecule has 3 aromatic rings. The molecule has 2 atom stereocenters. The smallest absolute Gasteiger partial charge is 0.406 e. The number of benzene rings is 2. The third-order valence-electron chi connectivity index (χ3n) is 8.72. The highest BCUT2D eigenvalue weighted by atomic mass is 19.4. The van der Waals surface area contributed by atoms with Crippen LogP contribution in [0.15, 0.2) is 30.6 Å². The Labute approximate surface area is 276 Å². The summed E-state index contributed by atoms with van der Waals surface area (Å²) in [6.07, 6.45) is -0.707. The number of ether oxygens (including phenoxy) is 2. The highest BCUT2D eigenvalue weighted by molar-refractivity contribution is 6.05. The Bertz CT molecular complexity index is 1690. The number of alkyl halides is 3. The first-order valence-corrected chi connectivity index (χ1v) is 16.1. The number of fused-ring (bicyclic) bond motifs is 1. The molecule has 0 aliphatic carbocycles. The number of carbonyl (C=O) groups excluding carboxylic acids is 2. The van der Waals surface area contributed by atoms with Crippen LogP contribution in [-0.4, -0.2) is 91.0 Å². The highest BCUT2D eigenvalue weighted by Gasteiger charge is 2.33. The third kappa shape index (κ3) is 8.38. The van der Waals surface area contributed by atoms with E-state index in [0.29, 0.717) is 11.6 Å². The van der Waals surface area contributed by atoms with E-state index in [2.05, 4.69) is 44.6 Å². The van der Waals surface area contributed by atoms with Gasteiger partial charge in [0.15, 0.2) is 0 Å². The number of rotatable bonds is 9. The molecular formula is C34H40F4N6O4. The van der Waals surface area contributed by atoms with Crippen LogP contribution in [0.1, 0.15) is 59.4 Å². The van der Waals surface area contributed by atoms with Gasteiger partial charge in [-0.05, 0) is 50.3 Å². The van der Waals surface area contributed by atoms with Gasteiger partial charge in [-0.1, -0.05) is 18.8 Å². The van der Waals surface area contributed by atoms with Crippen LogP contribution in [0.3, 0.4) is 0 Å². The van der Waals surface area contributed by atoms with Gasteiger partial charge in [0, 0.05) is 57.1 Å². The van der Waals surface area contributed by atoms with E-state index in [4.69, 9.17) is 9.47 Å². The molecule has 2 saturated heterocycles.